The van der Waals surface area contributed by atoms with Crippen molar-refractivity contribution in [3.63, 3.8) is 0 Å². The maximum Gasteiger partial charge on any atom is 0.410 e. The van der Waals surface area contributed by atoms with Crippen LogP contribution in [-0.2, 0) is 4.74 Å². The summed E-state index contributed by atoms with van der Waals surface area (Å²) >= 11 is 0. The van der Waals surface area contributed by atoms with Gasteiger partial charge in [0.2, 0.25) is 0 Å². The first-order valence-corrected chi connectivity index (χ1v) is 15.8. The van der Waals surface area contributed by atoms with Gasteiger partial charge in [0.1, 0.15) is 16.8 Å². The molecule has 0 bridgehead atoms. The summed E-state index contributed by atoms with van der Waals surface area (Å²) in [7, 11) is 0. The lowest BCUT2D eigenvalue weighted by atomic mass is 9.87. The number of hydrogen-bond donors (Lipinski definition) is 1. The number of furan rings is 1. The van der Waals surface area contributed by atoms with Gasteiger partial charge in [-0.3, -0.25) is 14.2 Å². The number of para-hydroxylation sites is 2. The normalized spacial score (nSPS) is 19.9. The number of piperazine rings is 1. The van der Waals surface area contributed by atoms with Crippen LogP contribution in [0.25, 0.3) is 32.8 Å². The van der Waals surface area contributed by atoms with Crippen molar-refractivity contribution < 1.29 is 18.7 Å². The van der Waals surface area contributed by atoms with E-state index in [9.17, 15) is 14.4 Å². The standard InChI is InChI=1S/C37H37N5O5/c1-36(2,3)47-35(45)41-20-18-40(19-21-41)24-15-16-29-28(22-24)34(44)42(23-38-29)31-14-7-8-17-37(31,4)39-33(43)27-12-9-11-26-25-10-5-6-13-30(25)46-32(26)27/h5-17,22-23,31H,18-21H2,1-4H3,(H,39,43). The van der Waals surface area contributed by atoms with Gasteiger partial charge >= 0.3 is 6.09 Å². The molecule has 2 aromatic heterocycles. The molecule has 7 rings (SSSR count). The summed E-state index contributed by atoms with van der Waals surface area (Å²) in [4.78, 5) is 49.0. The molecule has 1 saturated heterocycles. The summed E-state index contributed by atoms with van der Waals surface area (Å²) in [6.07, 6.45) is 8.76. The second kappa shape index (κ2) is 11.5. The molecule has 0 saturated carbocycles. The minimum Gasteiger partial charge on any atom is -0.455 e. The van der Waals surface area contributed by atoms with E-state index in [1.807, 2.05) is 107 Å². The molecule has 1 N–H and O–H groups in total. The average Bonchev–Trinajstić information content (AvgIpc) is 3.43. The van der Waals surface area contributed by atoms with Gasteiger partial charge in [-0.1, -0.05) is 54.6 Å². The molecule has 3 heterocycles. The van der Waals surface area contributed by atoms with Crippen LogP contribution in [0.1, 0.15) is 44.1 Å². The highest BCUT2D eigenvalue weighted by molar-refractivity contribution is 6.13. The Bertz CT molecular complexity index is 2150. The summed E-state index contributed by atoms with van der Waals surface area (Å²) in [6, 6.07) is 18.4. The summed E-state index contributed by atoms with van der Waals surface area (Å²) in [5.41, 5.74) is 1.40. The van der Waals surface area contributed by atoms with Crippen molar-refractivity contribution in [1.82, 2.24) is 19.8 Å². The average molecular weight is 632 g/mol. The Hall–Kier alpha value is -5.38. The van der Waals surface area contributed by atoms with Gasteiger partial charge in [-0.15, -0.1) is 0 Å². The van der Waals surface area contributed by atoms with E-state index >= 15 is 0 Å². The van der Waals surface area contributed by atoms with Crippen LogP contribution in [0.5, 0.6) is 0 Å². The van der Waals surface area contributed by atoms with Crippen molar-refractivity contribution in [2.24, 2.45) is 0 Å². The first-order chi connectivity index (χ1) is 22.5. The van der Waals surface area contributed by atoms with Crippen LogP contribution in [-0.4, -0.2) is 63.8 Å². The third kappa shape index (κ3) is 5.64. The fourth-order valence-corrected chi connectivity index (χ4v) is 6.45. The van der Waals surface area contributed by atoms with Gasteiger partial charge in [0.15, 0.2) is 0 Å². The number of carbonyl (C=O) groups is 2. The molecule has 240 valence electrons. The number of amides is 2. The zero-order chi connectivity index (χ0) is 32.9. The molecular formula is C37H37N5O5. The number of nitrogens with one attached hydrogen (secondary N) is 1. The molecule has 47 heavy (non-hydrogen) atoms. The monoisotopic (exact) mass is 631 g/mol. The summed E-state index contributed by atoms with van der Waals surface area (Å²) in [5.74, 6) is -0.309. The van der Waals surface area contributed by atoms with Crippen molar-refractivity contribution in [2.75, 3.05) is 31.1 Å². The number of nitrogens with zero attached hydrogens (tertiary/aromatic N) is 4. The Kier molecular flexibility index (Phi) is 7.38. The van der Waals surface area contributed by atoms with Crippen molar-refractivity contribution in [1.29, 1.82) is 0 Å². The molecular weight excluding hydrogens is 594 g/mol. The Balaban J connectivity index is 1.15. The summed E-state index contributed by atoms with van der Waals surface area (Å²) in [5, 5.41) is 5.47. The molecule has 2 aliphatic rings. The predicted octanol–water partition coefficient (Wildman–Crippen LogP) is 6.21. The number of fused-ring (bicyclic) bond motifs is 4. The highest BCUT2D eigenvalue weighted by atomic mass is 16.6. The molecule has 0 radical (unpaired) electrons. The Morgan fingerprint density at radius 1 is 0.957 bits per heavy atom. The number of allylic oxidation sites excluding steroid dienone is 2. The van der Waals surface area contributed by atoms with Crippen molar-refractivity contribution >= 4 is 50.5 Å². The smallest absolute Gasteiger partial charge is 0.410 e. The van der Waals surface area contributed by atoms with Crippen LogP contribution >= 0.6 is 0 Å². The Morgan fingerprint density at radius 3 is 2.51 bits per heavy atom. The Morgan fingerprint density at radius 2 is 1.72 bits per heavy atom. The topological polar surface area (TPSA) is 110 Å². The van der Waals surface area contributed by atoms with Gasteiger partial charge in [-0.25, -0.2) is 9.78 Å². The summed E-state index contributed by atoms with van der Waals surface area (Å²) < 4.78 is 13.2. The van der Waals surface area contributed by atoms with Crippen LogP contribution in [0.4, 0.5) is 10.5 Å². The van der Waals surface area contributed by atoms with E-state index in [0.717, 1.165) is 16.5 Å². The van der Waals surface area contributed by atoms with Gasteiger partial charge < -0.3 is 24.3 Å². The van der Waals surface area contributed by atoms with E-state index < -0.39 is 17.2 Å². The third-order valence-electron chi connectivity index (χ3n) is 8.86. The molecule has 1 aliphatic heterocycles. The molecule has 2 amide bonds. The number of rotatable bonds is 4. The van der Waals surface area contributed by atoms with Gasteiger partial charge in [0, 0.05) is 42.6 Å². The largest absolute Gasteiger partial charge is 0.455 e. The van der Waals surface area contributed by atoms with Gasteiger partial charge in [-0.05, 0) is 58.0 Å². The van der Waals surface area contributed by atoms with Crippen LogP contribution in [0.3, 0.4) is 0 Å². The predicted molar refractivity (Wildman–Crippen MR) is 183 cm³/mol. The van der Waals surface area contributed by atoms with Crippen LogP contribution in [0.15, 0.2) is 101 Å². The van der Waals surface area contributed by atoms with E-state index in [0.29, 0.717) is 53.8 Å². The number of carbonyl (C=O) groups excluding carboxylic acids is 2. The molecule has 10 heteroatoms. The zero-order valence-electron chi connectivity index (χ0n) is 26.9. The number of benzene rings is 3. The maximum absolute atomic E-state index is 14.1. The second-order valence-corrected chi connectivity index (χ2v) is 13.3. The highest BCUT2D eigenvalue weighted by Crippen LogP contribution is 2.33. The zero-order valence-corrected chi connectivity index (χ0v) is 26.9. The van der Waals surface area contributed by atoms with Gasteiger partial charge in [-0.2, -0.15) is 0 Å². The van der Waals surface area contributed by atoms with Crippen molar-refractivity contribution in [2.45, 2.75) is 44.9 Å². The first-order valence-electron chi connectivity index (χ1n) is 15.8. The number of anilines is 1. The lowest BCUT2D eigenvalue weighted by Crippen LogP contribution is -2.52. The lowest BCUT2D eigenvalue weighted by Gasteiger charge is -2.37. The number of ether oxygens (including phenoxy) is 1. The van der Waals surface area contributed by atoms with E-state index in [2.05, 4.69) is 15.2 Å². The molecule has 10 nitrogen and oxygen atoms in total. The van der Waals surface area contributed by atoms with E-state index in [1.54, 1.807) is 21.9 Å². The molecule has 3 aromatic carbocycles. The fourth-order valence-electron chi connectivity index (χ4n) is 6.45. The maximum atomic E-state index is 14.1. The van der Waals surface area contributed by atoms with Crippen LogP contribution in [0, 0.1) is 0 Å². The number of aromatic nitrogens is 2. The minimum absolute atomic E-state index is 0.214. The summed E-state index contributed by atoms with van der Waals surface area (Å²) in [6.45, 7) is 9.72. The third-order valence-corrected chi connectivity index (χ3v) is 8.86. The van der Waals surface area contributed by atoms with E-state index in [4.69, 9.17) is 9.15 Å². The molecule has 5 aromatic rings. The quantitative estimate of drug-likeness (QED) is 0.251. The van der Waals surface area contributed by atoms with Gasteiger partial charge in [0.25, 0.3) is 11.5 Å². The van der Waals surface area contributed by atoms with E-state index in [-0.39, 0.29) is 17.6 Å². The minimum atomic E-state index is -0.950. The highest BCUT2D eigenvalue weighted by Gasteiger charge is 2.36. The SMILES string of the molecule is CC(C)(C)OC(=O)N1CCN(c2ccc3ncn(C4C=CC=CC4(C)NC(=O)c4cccc5c4oc4ccccc45)c(=O)c3c2)CC1. The molecule has 0 spiro atoms. The lowest BCUT2D eigenvalue weighted by molar-refractivity contribution is 0.0240. The molecule has 2 unspecified atom stereocenters. The number of hydrogen-bond acceptors (Lipinski definition) is 7. The fraction of sp³-hybridized carbons (Fsp3) is 0.297. The molecule has 1 aliphatic carbocycles. The van der Waals surface area contributed by atoms with Gasteiger partial charge in [0.05, 0.1) is 34.4 Å². The molecule has 2 atom stereocenters. The Labute approximate surface area is 271 Å². The van der Waals surface area contributed by atoms with Crippen LogP contribution in [0.2, 0.25) is 0 Å². The van der Waals surface area contributed by atoms with E-state index in [1.165, 1.54) is 0 Å². The molecule has 1 fully saturated rings. The van der Waals surface area contributed by atoms with Crippen molar-refractivity contribution in [3.8, 4) is 0 Å². The second-order valence-electron chi connectivity index (χ2n) is 13.3. The first kappa shape index (κ1) is 30.3. The van der Waals surface area contributed by atoms with Crippen molar-refractivity contribution in [3.05, 3.63) is 107 Å². The van der Waals surface area contributed by atoms with Crippen LogP contribution < -0.4 is 15.8 Å².